The molecule has 1 aliphatic rings. The number of aromatic nitrogens is 4. The molecule has 3 heterocycles. The largest absolute Gasteiger partial charge is 0.388 e. The molecule has 114 valence electrons. The topological polar surface area (TPSA) is 94.1 Å². The molecule has 0 spiro atoms. The quantitative estimate of drug-likeness (QED) is 0.706. The Bertz CT molecular complexity index is 794. The third kappa shape index (κ3) is 2.20. The molecule has 21 heavy (non-hydrogen) atoms. The van der Waals surface area contributed by atoms with Crippen LogP contribution in [0.25, 0.3) is 11.2 Å². The molecule has 0 saturated carbocycles. The Morgan fingerprint density at radius 3 is 2.62 bits per heavy atom. The standard InChI is InChI=1S/C13H19N5O3/c1-16-10-9(11(19)17(2)12(16)20)18(8-15-10)7-13(21)3-5-14-6-4-13/h8,14,21H,3-7H2,1-2H3. The predicted molar refractivity (Wildman–Crippen MR) is 77.3 cm³/mol. The number of nitrogens with one attached hydrogen (secondary N) is 1. The fourth-order valence-corrected chi connectivity index (χ4v) is 2.88. The van der Waals surface area contributed by atoms with Crippen LogP contribution in [0.15, 0.2) is 15.9 Å². The first-order valence-electron chi connectivity index (χ1n) is 6.97. The van der Waals surface area contributed by atoms with Crippen LogP contribution in [0.5, 0.6) is 0 Å². The van der Waals surface area contributed by atoms with Gasteiger partial charge in [0.15, 0.2) is 11.2 Å². The molecule has 8 nitrogen and oxygen atoms in total. The molecule has 3 rings (SSSR count). The Morgan fingerprint density at radius 2 is 1.95 bits per heavy atom. The van der Waals surface area contributed by atoms with E-state index >= 15 is 0 Å². The molecular formula is C13H19N5O3. The van der Waals surface area contributed by atoms with E-state index in [4.69, 9.17) is 0 Å². The van der Waals surface area contributed by atoms with Crippen molar-refractivity contribution in [1.82, 2.24) is 24.0 Å². The summed E-state index contributed by atoms with van der Waals surface area (Å²) < 4.78 is 4.06. The van der Waals surface area contributed by atoms with E-state index in [0.717, 1.165) is 17.7 Å². The van der Waals surface area contributed by atoms with Crippen LogP contribution < -0.4 is 16.6 Å². The van der Waals surface area contributed by atoms with Crippen molar-refractivity contribution in [3.63, 3.8) is 0 Å². The molecule has 0 radical (unpaired) electrons. The average Bonchev–Trinajstić information content (AvgIpc) is 2.86. The molecule has 0 aliphatic carbocycles. The Labute approximate surface area is 120 Å². The van der Waals surface area contributed by atoms with Crippen molar-refractivity contribution in [2.45, 2.75) is 25.0 Å². The zero-order chi connectivity index (χ0) is 15.2. The number of piperidine rings is 1. The Hall–Kier alpha value is -1.93. The van der Waals surface area contributed by atoms with Gasteiger partial charge in [-0.1, -0.05) is 0 Å². The Balaban J connectivity index is 2.13. The van der Waals surface area contributed by atoms with Crippen LogP contribution in [0, 0.1) is 0 Å². The van der Waals surface area contributed by atoms with Gasteiger partial charge in [-0.3, -0.25) is 13.9 Å². The minimum absolute atomic E-state index is 0.304. The first-order chi connectivity index (χ1) is 9.93. The van der Waals surface area contributed by atoms with Gasteiger partial charge in [0.05, 0.1) is 18.5 Å². The molecule has 0 atom stereocenters. The van der Waals surface area contributed by atoms with Crippen LogP contribution in [0.1, 0.15) is 12.8 Å². The molecule has 0 bridgehead atoms. The van der Waals surface area contributed by atoms with Crippen molar-refractivity contribution in [2.75, 3.05) is 13.1 Å². The summed E-state index contributed by atoms with van der Waals surface area (Å²) in [6, 6.07) is 0. The zero-order valence-electron chi connectivity index (χ0n) is 12.2. The molecule has 1 aliphatic heterocycles. The predicted octanol–water partition coefficient (Wildman–Crippen LogP) is -1.45. The number of aryl methyl sites for hydroxylation is 1. The van der Waals surface area contributed by atoms with Gasteiger partial charge in [0.25, 0.3) is 5.56 Å². The van der Waals surface area contributed by atoms with Gasteiger partial charge in [-0.25, -0.2) is 9.78 Å². The van der Waals surface area contributed by atoms with E-state index in [2.05, 4.69) is 10.3 Å². The van der Waals surface area contributed by atoms with Gasteiger partial charge in [-0.15, -0.1) is 0 Å². The Kier molecular flexibility index (Phi) is 3.22. The van der Waals surface area contributed by atoms with Crippen molar-refractivity contribution in [3.05, 3.63) is 27.2 Å². The van der Waals surface area contributed by atoms with Crippen LogP contribution in [0.2, 0.25) is 0 Å². The summed E-state index contributed by atoms with van der Waals surface area (Å²) >= 11 is 0. The van der Waals surface area contributed by atoms with E-state index in [9.17, 15) is 14.7 Å². The lowest BCUT2D eigenvalue weighted by atomic mass is 9.92. The van der Waals surface area contributed by atoms with Gasteiger partial charge < -0.3 is 15.0 Å². The maximum absolute atomic E-state index is 12.3. The van der Waals surface area contributed by atoms with E-state index < -0.39 is 11.3 Å². The first-order valence-corrected chi connectivity index (χ1v) is 6.97. The van der Waals surface area contributed by atoms with Crippen molar-refractivity contribution >= 4 is 11.2 Å². The van der Waals surface area contributed by atoms with Crippen molar-refractivity contribution < 1.29 is 5.11 Å². The maximum atomic E-state index is 12.3. The molecular weight excluding hydrogens is 274 g/mol. The average molecular weight is 293 g/mol. The van der Waals surface area contributed by atoms with Crippen LogP contribution in [-0.4, -0.2) is 42.5 Å². The smallest absolute Gasteiger partial charge is 0.332 e. The lowest BCUT2D eigenvalue weighted by Gasteiger charge is -2.32. The van der Waals surface area contributed by atoms with Crippen LogP contribution in [0.3, 0.4) is 0 Å². The summed E-state index contributed by atoms with van der Waals surface area (Å²) in [4.78, 5) is 28.4. The third-order valence-electron chi connectivity index (χ3n) is 4.22. The monoisotopic (exact) mass is 293 g/mol. The normalized spacial score (nSPS) is 18.2. The molecule has 2 N–H and O–H groups in total. The summed E-state index contributed by atoms with van der Waals surface area (Å²) in [5.41, 5.74) is -0.938. The molecule has 2 aromatic rings. The highest BCUT2D eigenvalue weighted by Gasteiger charge is 2.30. The van der Waals surface area contributed by atoms with Crippen molar-refractivity contribution in [2.24, 2.45) is 14.1 Å². The Morgan fingerprint density at radius 1 is 1.29 bits per heavy atom. The summed E-state index contributed by atoms with van der Waals surface area (Å²) in [5.74, 6) is 0. The number of nitrogens with zero attached hydrogens (tertiary/aromatic N) is 4. The van der Waals surface area contributed by atoms with E-state index in [1.165, 1.54) is 17.9 Å². The van der Waals surface area contributed by atoms with E-state index in [1.807, 2.05) is 0 Å². The molecule has 0 unspecified atom stereocenters. The molecule has 8 heteroatoms. The molecule has 1 fully saturated rings. The number of hydrogen-bond donors (Lipinski definition) is 2. The third-order valence-corrected chi connectivity index (χ3v) is 4.22. The number of rotatable bonds is 2. The second kappa shape index (κ2) is 4.81. The van der Waals surface area contributed by atoms with Crippen LogP contribution >= 0.6 is 0 Å². The van der Waals surface area contributed by atoms with Crippen LogP contribution in [-0.2, 0) is 20.6 Å². The van der Waals surface area contributed by atoms with E-state index in [1.54, 1.807) is 11.6 Å². The highest BCUT2D eigenvalue weighted by molar-refractivity contribution is 5.69. The first kappa shape index (κ1) is 14.0. The number of imidazole rings is 1. The molecule has 1 saturated heterocycles. The minimum atomic E-state index is -0.849. The van der Waals surface area contributed by atoms with Gasteiger partial charge in [0, 0.05) is 14.1 Å². The van der Waals surface area contributed by atoms with Gasteiger partial charge >= 0.3 is 5.69 Å². The minimum Gasteiger partial charge on any atom is -0.388 e. The SMILES string of the molecule is Cn1c(=O)c2c(ncn2CC2(O)CCNCC2)n(C)c1=O. The molecule has 0 aromatic carbocycles. The van der Waals surface area contributed by atoms with Gasteiger partial charge in [0.2, 0.25) is 0 Å². The van der Waals surface area contributed by atoms with Gasteiger partial charge in [0.1, 0.15) is 0 Å². The van der Waals surface area contributed by atoms with Gasteiger partial charge in [-0.2, -0.15) is 0 Å². The zero-order valence-corrected chi connectivity index (χ0v) is 12.2. The number of aliphatic hydroxyl groups is 1. The lowest BCUT2D eigenvalue weighted by molar-refractivity contribution is -0.00450. The highest BCUT2D eigenvalue weighted by atomic mass is 16.3. The summed E-state index contributed by atoms with van der Waals surface area (Å²) in [7, 11) is 3.03. The second-order valence-corrected chi connectivity index (χ2v) is 5.72. The summed E-state index contributed by atoms with van der Waals surface area (Å²) in [5, 5.41) is 13.8. The molecule has 0 amide bonds. The number of hydrogen-bond acceptors (Lipinski definition) is 5. The maximum Gasteiger partial charge on any atom is 0.332 e. The van der Waals surface area contributed by atoms with Crippen molar-refractivity contribution in [1.29, 1.82) is 0 Å². The van der Waals surface area contributed by atoms with Gasteiger partial charge in [-0.05, 0) is 25.9 Å². The fraction of sp³-hybridized carbons (Fsp3) is 0.615. The van der Waals surface area contributed by atoms with E-state index in [0.29, 0.717) is 30.6 Å². The van der Waals surface area contributed by atoms with Crippen molar-refractivity contribution in [3.8, 4) is 0 Å². The van der Waals surface area contributed by atoms with Crippen LogP contribution in [0.4, 0.5) is 0 Å². The van der Waals surface area contributed by atoms with E-state index in [-0.39, 0.29) is 5.56 Å². The summed E-state index contributed by atoms with van der Waals surface area (Å²) in [6.07, 6.45) is 2.77. The fourth-order valence-electron chi connectivity index (χ4n) is 2.88. The number of fused-ring (bicyclic) bond motifs is 1. The second-order valence-electron chi connectivity index (χ2n) is 5.72. The lowest BCUT2D eigenvalue weighted by Crippen LogP contribution is -2.45. The highest BCUT2D eigenvalue weighted by Crippen LogP contribution is 2.21. The molecule has 2 aromatic heterocycles. The summed E-state index contributed by atoms with van der Waals surface area (Å²) in [6.45, 7) is 1.80.